The van der Waals surface area contributed by atoms with E-state index in [2.05, 4.69) is 9.59 Å². The second-order valence-corrected chi connectivity index (χ2v) is 7.77. The molecular weight excluding hydrogens is 318 g/mol. The van der Waals surface area contributed by atoms with Gasteiger partial charge in [-0.1, -0.05) is 11.4 Å². The average Bonchev–Trinajstić information content (AvgIpc) is 3.00. The van der Waals surface area contributed by atoms with Gasteiger partial charge in [-0.2, -0.15) is 0 Å². The predicted molar refractivity (Wildman–Crippen MR) is 75.0 cm³/mol. The normalized spacial score (nSPS) is 20.3. The molecule has 21 heavy (non-hydrogen) atoms. The van der Waals surface area contributed by atoms with Crippen molar-refractivity contribution in [2.45, 2.75) is 25.8 Å². The summed E-state index contributed by atoms with van der Waals surface area (Å²) < 4.78 is 26.8. The molecule has 1 aliphatic heterocycles. The van der Waals surface area contributed by atoms with Crippen molar-refractivity contribution in [2.75, 3.05) is 18.1 Å². The van der Waals surface area contributed by atoms with Crippen LogP contribution in [-0.2, 0) is 21.1 Å². The quantitative estimate of drug-likeness (QED) is 0.793. The molecule has 0 bridgehead atoms. The fourth-order valence-corrected chi connectivity index (χ4v) is 4.70. The SMILES string of the molecule is CCc1nnsc1C(=O)N(CC(=O)O)C1CCS(=O)(=O)C1. The van der Waals surface area contributed by atoms with Crippen molar-refractivity contribution in [1.82, 2.24) is 14.5 Å². The van der Waals surface area contributed by atoms with E-state index in [1.165, 1.54) is 0 Å². The molecule has 1 unspecified atom stereocenters. The molecule has 1 atom stereocenters. The van der Waals surface area contributed by atoms with Gasteiger partial charge < -0.3 is 10.0 Å². The molecule has 0 saturated carbocycles. The van der Waals surface area contributed by atoms with Crippen molar-refractivity contribution in [3.05, 3.63) is 10.6 Å². The van der Waals surface area contributed by atoms with Crippen LogP contribution in [0, 0.1) is 0 Å². The first-order chi connectivity index (χ1) is 9.84. The third kappa shape index (κ3) is 3.56. The number of carbonyl (C=O) groups excluding carboxylic acids is 1. The molecule has 0 aromatic carbocycles. The minimum absolute atomic E-state index is 0.0252. The zero-order valence-corrected chi connectivity index (χ0v) is 13.0. The molecule has 1 aromatic heterocycles. The number of hydrogen-bond acceptors (Lipinski definition) is 7. The van der Waals surface area contributed by atoms with E-state index in [1.807, 2.05) is 6.92 Å². The summed E-state index contributed by atoms with van der Waals surface area (Å²) in [5.74, 6) is -1.91. The maximum absolute atomic E-state index is 12.5. The van der Waals surface area contributed by atoms with E-state index in [0.717, 1.165) is 16.4 Å². The standard InChI is InChI=1S/C11H15N3O5S2/c1-2-8-10(20-13-12-8)11(17)14(5-9(15)16)7-3-4-21(18,19)6-7/h7H,2-6H2,1H3,(H,15,16). The van der Waals surface area contributed by atoms with E-state index in [1.54, 1.807) is 0 Å². The van der Waals surface area contributed by atoms with E-state index in [9.17, 15) is 18.0 Å². The first kappa shape index (κ1) is 15.8. The Morgan fingerprint density at radius 1 is 1.48 bits per heavy atom. The van der Waals surface area contributed by atoms with Gasteiger partial charge in [0.15, 0.2) is 9.84 Å². The van der Waals surface area contributed by atoms with Crippen molar-refractivity contribution in [3.63, 3.8) is 0 Å². The summed E-state index contributed by atoms with van der Waals surface area (Å²) in [6.45, 7) is 1.29. The van der Waals surface area contributed by atoms with Crippen molar-refractivity contribution >= 4 is 33.2 Å². The lowest BCUT2D eigenvalue weighted by atomic mass is 10.2. The van der Waals surface area contributed by atoms with Gasteiger partial charge >= 0.3 is 5.97 Å². The van der Waals surface area contributed by atoms with Gasteiger partial charge in [-0.05, 0) is 24.4 Å². The van der Waals surface area contributed by atoms with Gasteiger partial charge in [0.1, 0.15) is 11.4 Å². The topological polar surface area (TPSA) is 118 Å². The van der Waals surface area contributed by atoms with E-state index < -0.39 is 34.3 Å². The predicted octanol–water partition coefficient (Wildman–Crippen LogP) is -0.186. The fraction of sp³-hybridized carbons (Fsp3) is 0.636. The Kier molecular flexibility index (Phi) is 4.57. The van der Waals surface area contributed by atoms with Crippen LogP contribution >= 0.6 is 11.5 Å². The van der Waals surface area contributed by atoms with E-state index in [-0.39, 0.29) is 22.8 Å². The van der Waals surface area contributed by atoms with Crippen LogP contribution < -0.4 is 0 Å². The Morgan fingerprint density at radius 3 is 2.71 bits per heavy atom. The number of aliphatic carboxylic acids is 1. The van der Waals surface area contributed by atoms with Crippen molar-refractivity contribution in [2.24, 2.45) is 0 Å². The summed E-state index contributed by atoms with van der Waals surface area (Å²) in [5, 5.41) is 12.8. The van der Waals surface area contributed by atoms with Gasteiger partial charge in [-0.3, -0.25) is 9.59 Å². The van der Waals surface area contributed by atoms with Gasteiger partial charge in [0.2, 0.25) is 0 Å². The molecule has 116 valence electrons. The fourth-order valence-electron chi connectivity index (χ4n) is 2.27. The number of amides is 1. The summed E-state index contributed by atoms with van der Waals surface area (Å²) in [4.78, 5) is 24.9. The highest BCUT2D eigenvalue weighted by Gasteiger charge is 2.37. The van der Waals surface area contributed by atoms with Crippen LogP contribution in [0.25, 0.3) is 0 Å². The number of carboxylic acids is 1. The van der Waals surface area contributed by atoms with Crippen LogP contribution in [0.1, 0.15) is 28.7 Å². The lowest BCUT2D eigenvalue weighted by molar-refractivity contribution is -0.138. The Bertz CT molecular complexity index is 655. The third-order valence-corrected chi connectivity index (χ3v) is 5.81. The molecule has 1 aromatic rings. The molecular formula is C11H15N3O5S2. The largest absolute Gasteiger partial charge is 0.480 e. The molecule has 0 spiro atoms. The zero-order chi connectivity index (χ0) is 15.6. The highest BCUT2D eigenvalue weighted by Crippen LogP contribution is 2.22. The number of aryl methyl sites for hydroxylation is 1. The maximum atomic E-state index is 12.5. The summed E-state index contributed by atoms with van der Waals surface area (Å²) >= 11 is 0.902. The number of hydrogen-bond donors (Lipinski definition) is 1. The Balaban J connectivity index is 2.28. The number of carboxylic acid groups (broad SMARTS) is 1. The monoisotopic (exact) mass is 333 g/mol. The lowest BCUT2D eigenvalue weighted by Crippen LogP contribution is -2.44. The second kappa shape index (κ2) is 6.06. The van der Waals surface area contributed by atoms with Gasteiger partial charge in [0.05, 0.1) is 17.2 Å². The molecule has 8 nitrogen and oxygen atoms in total. The molecule has 10 heteroatoms. The minimum atomic E-state index is -3.21. The maximum Gasteiger partial charge on any atom is 0.323 e. The first-order valence-electron chi connectivity index (χ1n) is 6.38. The first-order valence-corrected chi connectivity index (χ1v) is 8.98. The molecule has 2 rings (SSSR count). The van der Waals surface area contributed by atoms with E-state index in [0.29, 0.717) is 12.1 Å². The van der Waals surface area contributed by atoms with Crippen LogP contribution in [0.3, 0.4) is 0 Å². The van der Waals surface area contributed by atoms with Crippen LogP contribution in [0.5, 0.6) is 0 Å². The molecule has 1 amide bonds. The smallest absolute Gasteiger partial charge is 0.323 e. The van der Waals surface area contributed by atoms with Crippen molar-refractivity contribution in [1.29, 1.82) is 0 Å². The number of nitrogens with zero attached hydrogens (tertiary/aromatic N) is 3. The minimum Gasteiger partial charge on any atom is -0.480 e. The molecule has 2 heterocycles. The van der Waals surface area contributed by atoms with Gasteiger partial charge in [0.25, 0.3) is 5.91 Å². The van der Waals surface area contributed by atoms with E-state index in [4.69, 9.17) is 5.11 Å². The lowest BCUT2D eigenvalue weighted by Gasteiger charge is -2.26. The Morgan fingerprint density at radius 2 is 2.19 bits per heavy atom. The number of aromatic nitrogens is 2. The zero-order valence-electron chi connectivity index (χ0n) is 11.4. The molecule has 1 N–H and O–H groups in total. The highest BCUT2D eigenvalue weighted by molar-refractivity contribution is 7.91. The molecule has 0 radical (unpaired) electrons. The van der Waals surface area contributed by atoms with Crippen LogP contribution in [0.4, 0.5) is 0 Å². The summed E-state index contributed by atoms with van der Waals surface area (Å²) in [6.07, 6.45) is 0.760. The van der Waals surface area contributed by atoms with Crippen molar-refractivity contribution < 1.29 is 23.1 Å². The van der Waals surface area contributed by atoms with Gasteiger partial charge in [-0.25, -0.2) is 8.42 Å². The molecule has 1 fully saturated rings. The average molecular weight is 333 g/mol. The van der Waals surface area contributed by atoms with Crippen LogP contribution in [-0.4, -0.2) is 64.0 Å². The number of sulfone groups is 1. The van der Waals surface area contributed by atoms with Gasteiger partial charge in [-0.15, -0.1) is 5.10 Å². The molecule has 1 aliphatic rings. The van der Waals surface area contributed by atoms with Crippen molar-refractivity contribution in [3.8, 4) is 0 Å². The van der Waals surface area contributed by atoms with E-state index >= 15 is 0 Å². The summed E-state index contributed by atoms with van der Waals surface area (Å²) in [7, 11) is -3.21. The second-order valence-electron chi connectivity index (χ2n) is 4.79. The highest BCUT2D eigenvalue weighted by atomic mass is 32.2. The Hall–Kier alpha value is -1.55. The Labute approximate surface area is 125 Å². The number of rotatable bonds is 5. The van der Waals surface area contributed by atoms with Crippen LogP contribution in [0.15, 0.2) is 0 Å². The molecule has 1 saturated heterocycles. The third-order valence-electron chi connectivity index (χ3n) is 3.30. The molecule has 0 aliphatic carbocycles. The van der Waals surface area contributed by atoms with Crippen LogP contribution in [0.2, 0.25) is 0 Å². The summed E-state index contributed by atoms with van der Waals surface area (Å²) in [6, 6.07) is -0.606. The van der Waals surface area contributed by atoms with Gasteiger partial charge in [0, 0.05) is 6.04 Å². The summed E-state index contributed by atoms with van der Waals surface area (Å²) in [5.41, 5.74) is 0.501. The number of carbonyl (C=O) groups is 2.